The van der Waals surface area contributed by atoms with Crippen LogP contribution in [0.2, 0.25) is 0 Å². The van der Waals surface area contributed by atoms with Crippen LogP contribution >= 0.6 is 0 Å². The predicted octanol–water partition coefficient (Wildman–Crippen LogP) is 1.16. The summed E-state index contributed by atoms with van der Waals surface area (Å²) in [6.07, 6.45) is 0. The molecule has 1 radical (unpaired) electrons. The molecule has 41 valence electrons. The quantitative estimate of drug-likeness (QED) is 0.461. The molecule has 0 bridgehead atoms. The van der Waals surface area contributed by atoms with Gasteiger partial charge in [0.2, 0.25) is 11.9 Å². The van der Waals surface area contributed by atoms with Crippen LogP contribution in [0.1, 0.15) is 0 Å². The van der Waals surface area contributed by atoms with Gasteiger partial charge in [0.05, 0.1) is 0 Å². The van der Waals surface area contributed by atoms with Crippen LogP contribution < -0.4 is 0 Å². The molecule has 0 spiro atoms. The van der Waals surface area contributed by atoms with Crippen molar-refractivity contribution >= 4 is 0 Å². The molecule has 1 heterocycles. The van der Waals surface area contributed by atoms with Crippen LogP contribution in [-0.2, 0) is 0 Å². The molecular weight excluding hydrogens is 112 g/mol. The summed E-state index contributed by atoms with van der Waals surface area (Å²) in [6.45, 7) is 0. The Morgan fingerprint density at radius 1 is 1.25 bits per heavy atom. The smallest absolute Gasteiger partial charge is 0.191 e. The molecule has 0 aliphatic heterocycles. The maximum absolute atomic E-state index is 11.8. The lowest BCUT2D eigenvalue weighted by Gasteiger charge is -1.82. The summed E-state index contributed by atoms with van der Waals surface area (Å²) >= 11 is 0. The molecule has 0 unspecified atom stereocenters. The molecule has 3 heteroatoms. The largest absolute Gasteiger partial charge is 0.216 e. The van der Waals surface area contributed by atoms with E-state index in [9.17, 15) is 8.78 Å². The Hall–Kier alpha value is -0.990. The Morgan fingerprint density at radius 2 is 1.75 bits per heavy atom. The maximum atomic E-state index is 11.8. The summed E-state index contributed by atoms with van der Waals surface area (Å²) in [4.78, 5) is 2.81. The number of hydrogen-bond donors (Lipinski definition) is 0. The van der Waals surface area contributed by atoms with Crippen LogP contribution in [0.5, 0.6) is 0 Å². The van der Waals surface area contributed by atoms with Gasteiger partial charge in [-0.1, -0.05) is 0 Å². The molecular formula is C5H2F2N. The summed E-state index contributed by atoms with van der Waals surface area (Å²) in [5, 5.41) is 0. The molecule has 0 atom stereocenters. The second-order valence-corrected chi connectivity index (χ2v) is 1.21. The number of nitrogens with zero attached hydrogens (tertiary/aromatic N) is 1. The fourth-order valence-electron chi connectivity index (χ4n) is 0.346. The normalized spacial score (nSPS) is 9.25. The fraction of sp³-hybridized carbons (Fsp3) is 0. The third-order valence-electron chi connectivity index (χ3n) is 0.618. The molecule has 1 aromatic heterocycles. The molecule has 0 N–H and O–H groups in total. The van der Waals surface area contributed by atoms with E-state index in [0.717, 1.165) is 12.1 Å². The van der Waals surface area contributed by atoms with Crippen LogP contribution in [0.4, 0.5) is 8.78 Å². The molecule has 1 nitrogen and oxygen atoms in total. The van der Waals surface area contributed by atoms with Gasteiger partial charge < -0.3 is 0 Å². The summed E-state index contributed by atoms with van der Waals surface area (Å²) < 4.78 is 23.6. The minimum Gasteiger partial charge on any atom is -0.191 e. The molecule has 0 fully saturated rings. The van der Waals surface area contributed by atoms with Gasteiger partial charge in [-0.2, -0.15) is 13.8 Å². The van der Waals surface area contributed by atoms with Gasteiger partial charge in [-0.25, -0.2) is 0 Å². The van der Waals surface area contributed by atoms with E-state index >= 15 is 0 Å². The highest BCUT2D eigenvalue weighted by Gasteiger charge is 1.90. The standard InChI is InChI=1S/C5H2F2N/c6-4-2-1-3-5(7)8-4/h2-3H. The number of pyridine rings is 1. The zero-order valence-corrected chi connectivity index (χ0v) is 3.86. The van der Waals surface area contributed by atoms with E-state index in [1.807, 2.05) is 0 Å². The van der Waals surface area contributed by atoms with Crippen molar-refractivity contribution in [3.05, 3.63) is 30.1 Å². The van der Waals surface area contributed by atoms with Gasteiger partial charge in [-0.05, 0) is 6.07 Å². The van der Waals surface area contributed by atoms with Crippen molar-refractivity contribution in [3.63, 3.8) is 0 Å². The summed E-state index contributed by atoms with van der Waals surface area (Å²) in [5.41, 5.74) is 0. The van der Waals surface area contributed by atoms with E-state index in [1.54, 1.807) is 0 Å². The van der Waals surface area contributed by atoms with Crippen LogP contribution in [0.3, 0.4) is 0 Å². The lowest BCUT2D eigenvalue weighted by Crippen LogP contribution is -1.84. The van der Waals surface area contributed by atoms with E-state index in [2.05, 4.69) is 11.1 Å². The number of rotatable bonds is 0. The molecule has 0 amide bonds. The number of halogens is 2. The minimum absolute atomic E-state index is 0.843. The van der Waals surface area contributed by atoms with E-state index in [-0.39, 0.29) is 0 Å². The number of aromatic nitrogens is 1. The molecule has 1 aromatic rings. The van der Waals surface area contributed by atoms with Gasteiger partial charge in [0.25, 0.3) is 0 Å². The lowest BCUT2D eigenvalue weighted by molar-refractivity contribution is 0.512. The van der Waals surface area contributed by atoms with Gasteiger partial charge in [0.15, 0.2) is 0 Å². The van der Waals surface area contributed by atoms with E-state index < -0.39 is 11.9 Å². The van der Waals surface area contributed by atoms with E-state index in [1.165, 1.54) is 0 Å². The Bertz CT molecular complexity index is 170. The van der Waals surface area contributed by atoms with E-state index in [4.69, 9.17) is 0 Å². The van der Waals surface area contributed by atoms with Gasteiger partial charge in [0.1, 0.15) is 0 Å². The van der Waals surface area contributed by atoms with Crippen LogP contribution in [0.15, 0.2) is 12.1 Å². The molecule has 0 saturated carbocycles. The first kappa shape index (κ1) is 5.15. The highest BCUT2D eigenvalue weighted by Crippen LogP contribution is 1.92. The SMILES string of the molecule is Fc1c[c]cc(F)n1. The van der Waals surface area contributed by atoms with Crippen LogP contribution in [0, 0.1) is 18.0 Å². The fourth-order valence-corrected chi connectivity index (χ4v) is 0.346. The van der Waals surface area contributed by atoms with Gasteiger partial charge in [-0.15, -0.1) is 0 Å². The summed E-state index contributed by atoms with van der Waals surface area (Å²) in [6, 6.07) is 4.14. The minimum atomic E-state index is -0.843. The summed E-state index contributed by atoms with van der Waals surface area (Å²) in [7, 11) is 0. The molecule has 0 aliphatic carbocycles. The lowest BCUT2D eigenvalue weighted by atomic mass is 10.5. The van der Waals surface area contributed by atoms with E-state index in [0.29, 0.717) is 0 Å². The van der Waals surface area contributed by atoms with Crippen molar-refractivity contribution in [1.82, 2.24) is 4.98 Å². The Labute approximate surface area is 45.0 Å². The molecule has 8 heavy (non-hydrogen) atoms. The van der Waals surface area contributed by atoms with Gasteiger partial charge >= 0.3 is 0 Å². The van der Waals surface area contributed by atoms with Crippen LogP contribution in [-0.4, -0.2) is 4.98 Å². The van der Waals surface area contributed by atoms with Crippen molar-refractivity contribution in [3.8, 4) is 0 Å². The summed E-state index contributed by atoms with van der Waals surface area (Å²) in [5.74, 6) is -1.69. The van der Waals surface area contributed by atoms with Gasteiger partial charge in [0, 0.05) is 12.1 Å². The Balaban J connectivity index is 3.08. The zero-order chi connectivity index (χ0) is 5.98. The first-order valence-corrected chi connectivity index (χ1v) is 1.98. The van der Waals surface area contributed by atoms with Crippen LogP contribution in [0.25, 0.3) is 0 Å². The third-order valence-corrected chi connectivity index (χ3v) is 0.618. The molecule has 0 saturated heterocycles. The number of hydrogen-bond acceptors (Lipinski definition) is 1. The zero-order valence-electron chi connectivity index (χ0n) is 3.86. The molecule has 1 rings (SSSR count). The molecule has 0 aliphatic rings. The second-order valence-electron chi connectivity index (χ2n) is 1.21. The van der Waals surface area contributed by atoms with Crippen molar-refractivity contribution < 1.29 is 8.78 Å². The first-order valence-electron chi connectivity index (χ1n) is 1.98. The average molecular weight is 114 g/mol. The second kappa shape index (κ2) is 1.86. The highest BCUT2D eigenvalue weighted by atomic mass is 19.1. The molecule has 0 aromatic carbocycles. The van der Waals surface area contributed by atoms with Crippen molar-refractivity contribution in [2.45, 2.75) is 0 Å². The topological polar surface area (TPSA) is 12.9 Å². The van der Waals surface area contributed by atoms with Crippen molar-refractivity contribution in [2.24, 2.45) is 0 Å². The Kier molecular flexibility index (Phi) is 1.20. The average Bonchev–Trinajstić information content (AvgIpc) is 1.64. The third kappa shape index (κ3) is 0.992. The van der Waals surface area contributed by atoms with Crippen molar-refractivity contribution in [1.29, 1.82) is 0 Å². The highest BCUT2D eigenvalue weighted by molar-refractivity contribution is 4.91. The van der Waals surface area contributed by atoms with Gasteiger partial charge in [-0.3, -0.25) is 0 Å². The Morgan fingerprint density at radius 3 is 2.00 bits per heavy atom. The van der Waals surface area contributed by atoms with Crippen molar-refractivity contribution in [2.75, 3.05) is 0 Å². The maximum Gasteiger partial charge on any atom is 0.216 e. The predicted molar refractivity (Wildman–Crippen MR) is 23.0 cm³/mol. The first-order chi connectivity index (χ1) is 3.79. The monoisotopic (exact) mass is 114 g/mol.